The van der Waals surface area contributed by atoms with E-state index in [1.165, 1.54) is 0 Å². The van der Waals surface area contributed by atoms with Gasteiger partial charge in [-0.05, 0) is 5.56 Å². The molecule has 0 radical (unpaired) electrons. The molecule has 2 atom stereocenters. The zero-order chi connectivity index (χ0) is 13.1. The predicted octanol–water partition coefficient (Wildman–Crippen LogP) is 1.69. The number of cyclic esters (lactones) is 1. The molecule has 0 spiro atoms. The molecule has 1 heterocycles. The van der Waals surface area contributed by atoms with Crippen LogP contribution in [0.2, 0.25) is 0 Å². The van der Waals surface area contributed by atoms with Crippen molar-refractivity contribution in [3.05, 3.63) is 47.5 Å². The fraction of sp³-hybridized carbons (Fsp3) is 0.167. The van der Waals surface area contributed by atoms with Crippen molar-refractivity contribution in [3.63, 3.8) is 0 Å². The first-order valence-corrected chi connectivity index (χ1v) is 4.71. The molecule has 1 aromatic carbocycles. The molecule has 2 rings (SSSR count). The van der Waals surface area contributed by atoms with Crippen LogP contribution in [-0.4, -0.2) is 17.0 Å². The summed E-state index contributed by atoms with van der Waals surface area (Å²) in [5.41, 5.74) is 0.276. The number of hydrogen-bond acceptors (Lipinski definition) is 4. The number of ether oxygens (including phenoxy) is 1. The fourth-order valence-electron chi connectivity index (χ4n) is 1.44. The zero-order valence-electron chi connectivity index (χ0n) is 10.3. The maximum atomic E-state index is 11.6. The fourth-order valence-corrected chi connectivity index (χ4v) is 1.44. The normalized spacial score (nSPS) is 26.0. The molecule has 1 aromatic rings. The molecule has 0 fully saturated rings. The molecule has 0 saturated heterocycles. The summed E-state index contributed by atoms with van der Waals surface area (Å²) in [7, 11) is 0. The van der Waals surface area contributed by atoms with Gasteiger partial charge in [-0.1, -0.05) is 36.4 Å². The summed E-state index contributed by atoms with van der Waals surface area (Å²) in [5, 5.41) is 3.71. The Balaban J connectivity index is 2.28. The highest BCUT2D eigenvalue weighted by Gasteiger charge is 2.27. The van der Waals surface area contributed by atoms with Gasteiger partial charge in [0.25, 0.3) is 1.43 Å². The van der Waals surface area contributed by atoms with Crippen molar-refractivity contribution < 1.29 is 20.8 Å². The van der Waals surface area contributed by atoms with Gasteiger partial charge in [-0.15, -0.1) is 0 Å². The molecule has 1 aliphatic rings. The number of hydrogen-bond donors (Lipinski definition) is 1. The van der Waals surface area contributed by atoms with Crippen molar-refractivity contribution in [3.8, 4) is 0 Å². The Morgan fingerprint density at radius 1 is 1.50 bits per heavy atom. The molecule has 4 nitrogen and oxygen atoms in total. The Bertz CT molecular complexity index is 498. The first-order valence-electron chi connectivity index (χ1n) is 5.69. The lowest BCUT2D eigenvalue weighted by Gasteiger charge is -2.20. The third kappa shape index (κ3) is 1.95. The lowest BCUT2D eigenvalue weighted by atomic mass is 10.0. The summed E-state index contributed by atoms with van der Waals surface area (Å²) in [6.45, 7) is 0. The smallest absolute Gasteiger partial charge is 0.345 e. The number of carbonyl (C=O) groups is 2. The molecular formula is C12H10O4. The highest BCUT2D eigenvalue weighted by molar-refractivity contribution is 6.13. The van der Waals surface area contributed by atoms with Crippen molar-refractivity contribution in [2.75, 3.05) is 0 Å². The van der Waals surface area contributed by atoms with Crippen LogP contribution >= 0.6 is 0 Å². The second kappa shape index (κ2) is 4.18. The molecular weight excluding hydrogens is 208 g/mol. The number of carboxylic acids is 1. The van der Waals surface area contributed by atoms with Gasteiger partial charge in [-0.3, -0.25) is 0 Å². The highest BCUT2D eigenvalue weighted by atomic mass is 16.5. The van der Waals surface area contributed by atoms with Gasteiger partial charge in [-0.2, -0.15) is 0 Å². The molecule has 0 aromatic heterocycles. The summed E-state index contributed by atoms with van der Waals surface area (Å²) >= 11 is 0. The molecule has 0 amide bonds. The topological polar surface area (TPSA) is 63.6 Å². The lowest BCUT2D eigenvalue weighted by molar-refractivity contribution is -0.149. The van der Waals surface area contributed by atoms with Crippen LogP contribution < -0.4 is 0 Å². The van der Waals surface area contributed by atoms with Crippen LogP contribution in [-0.2, 0) is 14.3 Å². The molecule has 0 aliphatic carbocycles. The van der Waals surface area contributed by atoms with Crippen LogP contribution in [0.1, 0.15) is 19.4 Å². The van der Waals surface area contributed by atoms with Gasteiger partial charge in [0, 0.05) is 7.77 Å². The zero-order valence-corrected chi connectivity index (χ0v) is 8.25. The summed E-state index contributed by atoms with van der Waals surface area (Å²) in [4.78, 5) is 22.7. The van der Waals surface area contributed by atoms with Gasteiger partial charge in [-0.25, -0.2) is 9.59 Å². The Labute approximate surface area is 95.1 Å². The van der Waals surface area contributed by atoms with Crippen LogP contribution in [0.15, 0.2) is 42.0 Å². The molecule has 1 N–H and O–H groups in total. The minimum Gasteiger partial charge on any atom is -0.477 e. The second-order valence-electron chi connectivity index (χ2n) is 3.30. The second-order valence-corrected chi connectivity index (χ2v) is 3.30. The third-order valence-corrected chi connectivity index (χ3v) is 2.24. The number of carboxylic acid groups (broad SMARTS) is 1. The van der Waals surface area contributed by atoms with Crippen LogP contribution in [0.5, 0.6) is 0 Å². The summed E-state index contributed by atoms with van der Waals surface area (Å²) in [5.74, 6) is -1.98. The van der Waals surface area contributed by atoms with Crippen LogP contribution in [0.4, 0.5) is 0 Å². The molecule has 2 unspecified atom stereocenters. The minimum absolute atomic E-state index is 0.405. The standard InChI is InChI=1S/C12H10O4/c13-11(14)9-6-7-10(16-12(9)15)8-4-2-1-3-5-8/h1-6,10H,7H2,(H,13,14)/i7D/hD. The number of carbonyl (C=O) groups excluding carboxylic acids is 1. The van der Waals surface area contributed by atoms with E-state index < -0.39 is 30.0 Å². The van der Waals surface area contributed by atoms with E-state index in [0.717, 1.165) is 6.08 Å². The summed E-state index contributed by atoms with van der Waals surface area (Å²) < 4.78 is 19.3. The van der Waals surface area contributed by atoms with E-state index >= 15 is 0 Å². The monoisotopic (exact) mass is 220 g/mol. The minimum atomic E-state index is -1.11. The largest absolute Gasteiger partial charge is 0.477 e. The van der Waals surface area contributed by atoms with Crippen molar-refractivity contribution in [1.29, 1.82) is 1.43 Å². The molecule has 16 heavy (non-hydrogen) atoms. The first kappa shape index (κ1) is 8.10. The number of aliphatic carboxylic acids is 1. The maximum absolute atomic E-state index is 11.6. The first-order chi connectivity index (χ1) is 8.63. The maximum Gasteiger partial charge on any atom is 0.345 e. The molecule has 4 heteroatoms. The van der Waals surface area contributed by atoms with Gasteiger partial charge >= 0.3 is 11.9 Å². The average Bonchev–Trinajstić information content (AvgIpc) is 2.41. The van der Waals surface area contributed by atoms with Gasteiger partial charge in [0.2, 0.25) is 0 Å². The van der Waals surface area contributed by atoms with Gasteiger partial charge in [0.1, 0.15) is 11.7 Å². The van der Waals surface area contributed by atoms with E-state index in [4.69, 9.17) is 7.54 Å². The lowest BCUT2D eigenvalue weighted by Crippen LogP contribution is -2.22. The Morgan fingerprint density at radius 2 is 2.25 bits per heavy atom. The number of benzene rings is 1. The number of esters is 1. The summed E-state index contributed by atoms with van der Waals surface area (Å²) in [6, 6.07) is 8.83. The van der Waals surface area contributed by atoms with Crippen molar-refractivity contribution in [2.45, 2.75) is 12.5 Å². The van der Waals surface area contributed by atoms with Gasteiger partial charge in [0.15, 0.2) is 0 Å². The molecule has 82 valence electrons. The van der Waals surface area contributed by atoms with Crippen molar-refractivity contribution in [2.24, 2.45) is 0 Å². The predicted molar refractivity (Wildman–Crippen MR) is 55.6 cm³/mol. The van der Waals surface area contributed by atoms with E-state index in [1.54, 1.807) is 24.3 Å². The van der Waals surface area contributed by atoms with Crippen LogP contribution in [0.3, 0.4) is 0 Å². The van der Waals surface area contributed by atoms with E-state index in [1.807, 2.05) is 6.07 Å². The Kier molecular flexibility index (Phi) is 2.12. The van der Waals surface area contributed by atoms with E-state index in [2.05, 4.69) is 5.11 Å². The van der Waals surface area contributed by atoms with E-state index in [9.17, 15) is 9.59 Å². The molecule has 1 aliphatic heterocycles. The van der Waals surface area contributed by atoms with Crippen molar-refractivity contribution in [1.82, 2.24) is 0 Å². The van der Waals surface area contributed by atoms with Gasteiger partial charge < -0.3 is 9.85 Å². The molecule has 0 saturated carbocycles. The average molecular weight is 220 g/mol. The Morgan fingerprint density at radius 3 is 2.94 bits per heavy atom. The van der Waals surface area contributed by atoms with Crippen molar-refractivity contribution >= 4 is 11.9 Å². The highest BCUT2D eigenvalue weighted by Crippen LogP contribution is 2.27. The summed E-state index contributed by atoms with van der Waals surface area (Å²) in [6.07, 6.45) is -0.499. The van der Waals surface area contributed by atoms with Crippen LogP contribution in [0.25, 0.3) is 1.43 Å². The van der Waals surface area contributed by atoms with Crippen LogP contribution in [0, 0.1) is 0 Å². The third-order valence-electron chi connectivity index (χ3n) is 2.24. The van der Waals surface area contributed by atoms with E-state index in [-0.39, 0.29) is 0 Å². The van der Waals surface area contributed by atoms with E-state index in [0.29, 0.717) is 5.56 Å². The number of rotatable bonds is 2. The Hall–Kier alpha value is -2.10. The molecule has 0 bridgehead atoms. The SMILES string of the molecule is [2H]OC(=O)C1=CC([2H])C(c2ccccc2)OC1=O. The van der Waals surface area contributed by atoms with Gasteiger partial charge in [0.05, 0.1) is 0 Å². The quantitative estimate of drug-likeness (QED) is 0.608.